The molecule has 1 aliphatic carbocycles. The van der Waals surface area contributed by atoms with Gasteiger partial charge in [0.2, 0.25) is 0 Å². The van der Waals surface area contributed by atoms with Crippen LogP contribution in [0.15, 0.2) is 12.7 Å². The number of hydrogen-bond acceptors (Lipinski definition) is 2. The van der Waals surface area contributed by atoms with Gasteiger partial charge in [-0.2, -0.15) is 0 Å². The molecule has 0 heterocycles. The zero-order chi connectivity index (χ0) is 13.7. The predicted molar refractivity (Wildman–Crippen MR) is 69.3 cm³/mol. The van der Waals surface area contributed by atoms with Gasteiger partial charge in [0.05, 0.1) is 5.92 Å². The Morgan fingerprint density at radius 2 is 2.17 bits per heavy atom. The molecule has 0 spiro atoms. The number of carboxylic acids is 1. The van der Waals surface area contributed by atoms with Gasteiger partial charge >= 0.3 is 12.0 Å². The van der Waals surface area contributed by atoms with Gasteiger partial charge in [-0.05, 0) is 33.1 Å². The minimum Gasteiger partial charge on any atom is -0.481 e. The number of rotatable bonds is 5. The first-order valence-corrected chi connectivity index (χ1v) is 6.36. The van der Waals surface area contributed by atoms with Crippen molar-refractivity contribution in [3.8, 4) is 0 Å². The third-order valence-electron chi connectivity index (χ3n) is 3.32. The third-order valence-corrected chi connectivity index (χ3v) is 3.32. The molecule has 5 heteroatoms. The lowest BCUT2D eigenvalue weighted by molar-refractivity contribution is -0.141. The van der Waals surface area contributed by atoms with Crippen LogP contribution in [0.2, 0.25) is 0 Å². The van der Waals surface area contributed by atoms with Crippen LogP contribution in [0.25, 0.3) is 0 Å². The molecule has 2 amide bonds. The van der Waals surface area contributed by atoms with Gasteiger partial charge in [-0.15, -0.1) is 6.58 Å². The Morgan fingerprint density at radius 1 is 1.50 bits per heavy atom. The van der Waals surface area contributed by atoms with Gasteiger partial charge in [0.15, 0.2) is 0 Å². The van der Waals surface area contributed by atoms with E-state index in [2.05, 4.69) is 11.9 Å². The average molecular weight is 254 g/mol. The van der Waals surface area contributed by atoms with Crippen molar-refractivity contribution in [1.29, 1.82) is 0 Å². The van der Waals surface area contributed by atoms with E-state index in [-0.39, 0.29) is 24.0 Å². The van der Waals surface area contributed by atoms with Gasteiger partial charge in [-0.25, -0.2) is 4.79 Å². The molecule has 5 nitrogen and oxygen atoms in total. The van der Waals surface area contributed by atoms with Crippen molar-refractivity contribution in [3.05, 3.63) is 12.7 Å². The van der Waals surface area contributed by atoms with E-state index in [1.165, 1.54) is 0 Å². The summed E-state index contributed by atoms with van der Waals surface area (Å²) in [4.78, 5) is 24.5. The molecule has 0 aliphatic heterocycles. The van der Waals surface area contributed by atoms with E-state index in [0.717, 1.165) is 6.42 Å². The minimum atomic E-state index is -0.765. The molecule has 1 saturated carbocycles. The summed E-state index contributed by atoms with van der Waals surface area (Å²) in [5.41, 5.74) is 0. The molecule has 18 heavy (non-hydrogen) atoms. The van der Waals surface area contributed by atoms with E-state index in [1.807, 2.05) is 13.8 Å². The monoisotopic (exact) mass is 254 g/mol. The molecular weight excluding hydrogens is 232 g/mol. The van der Waals surface area contributed by atoms with Crippen molar-refractivity contribution < 1.29 is 14.7 Å². The number of urea groups is 1. The second-order valence-corrected chi connectivity index (χ2v) is 5.03. The van der Waals surface area contributed by atoms with E-state index in [4.69, 9.17) is 5.11 Å². The van der Waals surface area contributed by atoms with E-state index >= 15 is 0 Å². The van der Waals surface area contributed by atoms with Gasteiger partial charge < -0.3 is 15.3 Å². The zero-order valence-corrected chi connectivity index (χ0v) is 11.1. The van der Waals surface area contributed by atoms with Crippen molar-refractivity contribution >= 4 is 12.0 Å². The molecule has 0 aromatic heterocycles. The highest BCUT2D eigenvalue weighted by Gasteiger charge is 2.31. The number of carbonyl (C=O) groups is 2. The molecule has 2 N–H and O–H groups in total. The molecule has 0 aromatic rings. The van der Waals surface area contributed by atoms with Crippen LogP contribution < -0.4 is 5.32 Å². The van der Waals surface area contributed by atoms with Crippen LogP contribution in [0.1, 0.15) is 33.1 Å². The number of nitrogens with zero attached hydrogens (tertiary/aromatic N) is 1. The number of aliphatic carboxylic acids is 1. The van der Waals surface area contributed by atoms with Crippen molar-refractivity contribution in [1.82, 2.24) is 10.2 Å². The lowest BCUT2D eigenvalue weighted by atomic mass is 10.1. The Labute approximate surface area is 108 Å². The molecule has 1 aliphatic rings. The quantitative estimate of drug-likeness (QED) is 0.735. The molecule has 0 radical (unpaired) electrons. The first-order valence-electron chi connectivity index (χ1n) is 6.36. The summed E-state index contributed by atoms with van der Waals surface area (Å²) in [6.07, 6.45) is 3.60. The molecule has 1 rings (SSSR count). The van der Waals surface area contributed by atoms with Crippen LogP contribution in [0.3, 0.4) is 0 Å². The van der Waals surface area contributed by atoms with Crippen LogP contribution in [0.5, 0.6) is 0 Å². The van der Waals surface area contributed by atoms with Crippen molar-refractivity contribution in [3.63, 3.8) is 0 Å². The highest BCUT2D eigenvalue weighted by atomic mass is 16.4. The topological polar surface area (TPSA) is 69.6 Å². The summed E-state index contributed by atoms with van der Waals surface area (Å²) in [7, 11) is 0. The molecule has 0 bridgehead atoms. The highest BCUT2D eigenvalue weighted by Crippen LogP contribution is 2.25. The first kappa shape index (κ1) is 14.5. The van der Waals surface area contributed by atoms with Crippen LogP contribution >= 0.6 is 0 Å². The molecule has 2 atom stereocenters. The number of hydrogen-bond donors (Lipinski definition) is 2. The molecule has 102 valence electrons. The van der Waals surface area contributed by atoms with Gasteiger partial charge in [-0.1, -0.05) is 6.08 Å². The fourth-order valence-corrected chi connectivity index (χ4v) is 2.26. The summed E-state index contributed by atoms with van der Waals surface area (Å²) in [5, 5.41) is 11.8. The average Bonchev–Trinajstić information content (AvgIpc) is 2.73. The third kappa shape index (κ3) is 3.75. The Hall–Kier alpha value is -1.52. The van der Waals surface area contributed by atoms with Crippen molar-refractivity contribution in [2.24, 2.45) is 5.92 Å². The number of carbonyl (C=O) groups excluding carboxylic acids is 1. The molecule has 0 unspecified atom stereocenters. The molecule has 0 saturated heterocycles. The fraction of sp³-hybridized carbons (Fsp3) is 0.692. The van der Waals surface area contributed by atoms with Gasteiger partial charge in [0.25, 0.3) is 0 Å². The van der Waals surface area contributed by atoms with Crippen molar-refractivity contribution in [2.75, 3.05) is 6.54 Å². The summed E-state index contributed by atoms with van der Waals surface area (Å²) in [6.45, 7) is 8.02. The summed E-state index contributed by atoms with van der Waals surface area (Å²) in [5.74, 6) is -1.08. The fourth-order valence-electron chi connectivity index (χ4n) is 2.26. The van der Waals surface area contributed by atoms with Gasteiger partial charge in [-0.3, -0.25) is 4.79 Å². The normalized spacial score (nSPS) is 22.8. The maximum Gasteiger partial charge on any atom is 0.318 e. The minimum absolute atomic E-state index is 0.0235. The largest absolute Gasteiger partial charge is 0.481 e. The summed E-state index contributed by atoms with van der Waals surface area (Å²) in [6, 6.07) is -0.0646. The van der Waals surface area contributed by atoms with E-state index < -0.39 is 5.97 Å². The highest BCUT2D eigenvalue weighted by molar-refractivity contribution is 5.75. The van der Waals surface area contributed by atoms with Gasteiger partial charge in [0, 0.05) is 18.6 Å². The number of amides is 2. The maximum absolute atomic E-state index is 12.0. The zero-order valence-electron chi connectivity index (χ0n) is 11.1. The SMILES string of the molecule is C=CCN(C(=O)N[C@H]1CC[C@@H](C(=O)O)C1)C(C)C. The van der Waals surface area contributed by atoms with E-state index in [1.54, 1.807) is 11.0 Å². The van der Waals surface area contributed by atoms with Gasteiger partial charge in [0.1, 0.15) is 0 Å². The Morgan fingerprint density at radius 3 is 2.61 bits per heavy atom. The Kier molecular flexibility index (Phi) is 5.19. The predicted octanol–water partition coefficient (Wildman–Crippen LogP) is 1.85. The van der Waals surface area contributed by atoms with Crippen molar-refractivity contribution in [2.45, 2.75) is 45.2 Å². The van der Waals surface area contributed by atoms with E-state index in [0.29, 0.717) is 19.4 Å². The Bertz CT molecular complexity index is 328. The lowest BCUT2D eigenvalue weighted by Crippen LogP contribution is -2.47. The second kappa shape index (κ2) is 6.42. The smallest absolute Gasteiger partial charge is 0.318 e. The standard InChI is InChI=1S/C13H22N2O3/c1-4-7-15(9(2)3)13(18)14-11-6-5-10(8-11)12(16)17/h4,9-11H,1,5-8H2,2-3H3,(H,14,18)(H,16,17)/t10-,11+/m1/s1. The molecular formula is C13H22N2O3. The lowest BCUT2D eigenvalue weighted by Gasteiger charge is -2.27. The summed E-state index contributed by atoms with van der Waals surface area (Å²) >= 11 is 0. The van der Waals surface area contributed by atoms with E-state index in [9.17, 15) is 9.59 Å². The van der Waals surface area contributed by atoms with Crippen LogP contribution in [0.4, 0.5) is 4.79 Å². The number of nitrogens with one attached hydrogen (secondary N) is 1. The van der Waals surface area contributed by atoms with Crippen LogP contribution in [0, 0.1) is 5.92 Å². The molecule has 0 aromatic carbocycles. The number of carboxylic acid groups (broad SMARTS) is 1. The molecule has 1 fully saturated rings. The Balaban J connectivity index is 2.49. The van der Waals surface area contributed by atoms with Crippen LogP contribution in [-0.2, 0) is 4.79 Å². The maximum atomic E-state index is 12.0. The first-order chi connectivity index (χ1) is 8.45. The van der Waals surface area contributed by atoms with Crippen LogP contribution in [-0.4, -0.2) is 40.6 Å². The summed E-state index contributed by atoms with van der Waals surface area (Å²) < 4.78 is 0. The second-order valence-electron chi connectivity index (χ2n) is 5.03.